The van der Waals surface area contributed by atoms with Crippen molar-refractivity contribution in [3.8, 4) is 22.3 Å². The van der Waals surface area contributed by atoms with Crippen LogP contribution in [0.3, 0.4) is 0 Å². The van der Waals surface area contributed by atoms with Crippen molar-refractivity contribution < 1.29 is 29.2 Å². The fraction of sp³-hybridized carbons (Fsp3) is 0.261. The number of aromatic nitrogens is 8. The largest absolute Gasteiger partial charge is 0.387 e. The van der Waals surface area contributed by atoms with Crippen molar-refractivity contribution in [3.63, 3.8) is 0 Å². The molecule has 0 saturated carbocycles. The van der Waals surface area contributed by atoms with Crippen molar-refractivity contribution >= 4 is 34.5 Å². The Kier molecular flexibility index (Phi) is 10.4. The second-order valence-electron chi connectivity index (χ2n) is 16.7. The molecule has 316 valence electrons. The molecule has 0 bridgehead atoms. The van der Waals surface area contributed by atoms with E-state index < -0.39 is 35.0 Å². The fourth-order valence-electron chi connectivity index (χ4n) is 8.30. The fourth-order valence-corrected chi connectivity index (χ4v) is 8.70. The topological polar surface area (TPSA) is 167 Å². The molecule has 6 heterocycles. The van der Waals surface area contributed by atoms with Crippen molar-refractivity contribution in [2.45, 2.75) is 75.8 Å². The van der Waals surface area contributed by atoms with Gasteiger partial charge in [-0.05, 0) is 75.9 Å². The number of hydrogen-bond donors (Lipinski definition) is 4. The summed E-state index contributed by atoms with van der Waals surface area (Å²) >= 11 is 12.4. The third-order valence-corrected chi connectivity index (χ3v) is 11.8. The molecule has 0 saturated heterocycles. The number of pyridine rings is 2. The predicted molar refractivity (Wildman–Crippen MR) is 229 cm³/mol. The standard InChI is InChI=1S/2C23H20ClFN4O2/c2*1-23(2,31)22-26-9-13(10-27-22)16-11-29-19(8-17(16)25)28-20-18(30)7-15(21(20)29)12-4-3-5-14(24)6-12/h2*3-6,8-11,15,18,30-31H,7H2,1-2H3/t2*15-,18-/m10/s1. The molecule has 0 aliphatic heterocycles. The molecule has 4 atom stereocenters. The smallest absolute Gasteiger partial charge is 0.159 e. The number of halogens is 4. The van der Waals surface area contributed by atoms with E-state index >= 15 is 0 Å². The van der Waals surface area contributed by atoms with E-state index in [1.165, 1.54) is 36.9 Å². The molecule has 4 N–H and O–H groups in total. The van der Waals surface area contributed by atoms with Gasteiger partial charge in [-0.25, -0.2) is 38.7 Å². The Balaban J connectivity index is 0.000000158. The predicted octanol–water partition coefficient (Wildman–Crippen LogP) is 8.76. The maximum Gasteiger partial charge on any atom is 0.159 e. The van der Waals surface area contributed by atoms with Crippen molar-refractivity contribution in [1.29, 1.82) is 0 Å². The van der Waals surface area contributed by atoms with Crippen molar-refractivity contribution in [2.24, 2.45) is 0 Å². The maximum absolute atomic E-state index is 14.9. The second-order valence-corrected chi connectivity index (χ2v) is 17.6. The maximum atomic E-state index is 14.9. The summed E-state index contributed by atoms with van der Waals surface area (Å²) in [6.45, 7) is 6.35. The zero-order valence-corrected chi connectivity index (χ0v) is 35.4. The van der Waals surface area contributed by atoms with Crippen molar-refractivity contribution in [3.05, 3.63) is 165 Å². The van der Waals surface area contributed by atoms with Crippen LogP contribution in [0.1, 0.15) is 110 Å². The van der Waals surface area contributed by atoms with Crippen LogP contribution in [-0.2, 0) is 11.2 Å². The summed E-state index contributed by atoms with van der Waals surface area (Å²) in [5, 5.41) is 42.6. The Morgan fingerprint density at radius 3 is 1.31 bits per heavy atom. The summed E-state index contributed by atoms with van der Waals surface area (Å²) in [4.78, 5) is 25.7. The number of aliphatic hydroxyl groups excluding tert-OH is 2. The minimum atomic E-state index is -1.19. The molecule has 0 amide bonds. The molecule has 6 aromatic heterocycles. The molecule has 0 unspecified atom stereocenters. The molecule has 0 radical (unpaired) electrons. The summed E-state index contributed by atoms with van der Waals surface area (Å²) in [6, 6.07) is 17.7. The number of nitrogens with zero attached hydrogens (tertiary/aromatic N) is 8. The highest BCUT2D eigenvalue weighted by Crippen LogP contribution is 2.46. The highest BCUT2D eigenvalue weighted by atomic mass is 35.5. The Bertz CT molecular complexity index is 2800. The molecule has 10 rings (SSSR count). The average Bonchev–Trinajstić information content (AvgIpc) is 3.96. The van der Waals surface area contributed by atoms with E-state index in [1.54, 1.807) is 52.2 Å². The van der Waals surface area contributed by atoms with Crippen LogP contribution in [0.15, 0.2) is 97.8 Å². The average molecular weight is 878 g/mol. The molecular weight excluding hydrogens is 837 g/mol. The summed E-state index contributed by atoms with van der Waals surface area (Å²) < 4.78 is 33.5. The Hall–Kier alpha value is -5.74. The van der Waals surface area contributed by atoms with Crippen LogP contribution in [0.25, 0.3) is 33.5 Å². The summed E-state index contributed by atoms with van der Waals surface area (Å²) in [5.41, 5.74) is 4.72. The molecule has 0 fully saturated rings. The van der Waals surface area contributed by atoms with Crippen LogP contribution in [-0.4, -0.2) is 59.1 Å². The first-order valence-corrected chi connectivity index (χ1v) is 20.6. The minimum absolute atomic E-state index is 0.120. The van der Waals surface area contributed by atoms with E-state index in [9.17, 15) is 29.2 Å². The number of hydrogen-bond acceptors (Lipinski definition) is 10. The van der Waals surface area contributed by atoms with Crippen LogP contribution in [0.2, 0.25) is 10.0 Å². The Labute approximate surface area is 364 Å². The Morgan fingerprint density at radius 2 is 0.968 bits per heavy atom. The van der Waals surface area contributed by atoms with Gasteiger partial charge in [0.05, 0.1) is 35.0 Å². The van der Waals surface area contributed by atoms with Crippen molar-refractivity contribution in [2.75, 3.05) is 0 Å². The Morgan fingerprint density at radius 1 is 0.597 bits per heavy atom. The minimum Gasteiger partial charge on any atom is -0.387 e. The SMILES string of the molecule is CC(C)(O)c1ncc(-c2cn3c4c(nc3cc2F)[C@@H](O)C[C@H]4c2cccc(Cl)c2)cn1.CC(C)(O)c1ncc(-c2cn3c4c(nc3cc2F)[C@H](O)C[C@@H]4c2cccc(Cl)c2)cn1. The van der Waals surface area contributed by atoms with Gasteiger partial charge in [0.1, 0.15) is 34.1 Å². The number of aliphatic hydroxyl groups is 4. The highest BCUT2D eigenvalue weighted by molar-refractivity contribution is 6.30. The highest BCUT2D eigenvalue weighted by Gasteiger charge is 2.38. The first-order valence-electron chi connectivity index (χ1n) is 19.8. The normalized spacial score (nSPS) is 18.5. The van der Waals surface area contributed by atoms with E-state index in [0.717, 1.165) is 22.5 Å². The molecule has 62 heavy (non-hydrogen) atoms. The van der Waals surface area contributed by atoms with Crippen LogP contribution < -0.4 is 0 Å². The van der Waals surface area contributed by atoms with Gasteiger partial charge >= 0.3 is 0 Å². The lowest BCUT2D eigenvalue weighted by molar-refractivity contribution is 0.0682. The molecule has 8 aromatic rings. The first-order chi connectivity index (χ1) is 29.4. The van der Waals surface area contributed by atoms with Gasteiger partial charge in [0.15, 0.2) is 11.6 Å². The molecule has 16 heteroatoms. The number of rotatable bonds is 6. The third kappa shape index (κ3) is 7.61. The van der Waals surface area contributed by atoms with E-state index in [0.29, 0.717) is 67.8 Å². The zero-order chi connectivity index (χ0) is 43.8. The van der Waals surface area contributed by atoms with Gasteiger partial charge in [0, 0.05) is 93.4 Å². The summed E-state index contributed by atoms with van der Waals surface area (Å²) in [6.07, 6.45) is 8.78. The van der Waals surface area contributed by atoms with Gasteiger partial charge < -0.3 is 29.2 Å². The van der Waals surface area contributed by atoms with E-state index in [-0.39, 0.29) is 23.5 Å². The van der Waals surface area contributed by atoms with Gasteiger partial charge in [-0.3, -0.25) is 0 Å². The zero-order valence-electron chi connectivity index (χ0n) is 33.8. The molecule has 12 nitrogen and oxygen atoms in total. The lowest BCUT2D eigenvalue weighted by atomic mass is 9.96. The van der Waals surface area contributed by atoms with Gasteiger partial charge in [-0.1, -0.05) is 47.5 Å². The monoisotopic (exact) mass is 876 g/mol. The van der Waals surface area contributed by atoms with Gasteiger partial charge in [0.25, 0.3) is 0 Å². The lowest BCUT2D eigenvalue weighted by Crippen LogP contribution is -2.19. The molecule has 0 spiro atoms. The second kappa shape index (κ2) is 15.6. The van der Waals surface area contributed by atoms with E-state index in [1.807, 2.05) is 45.2 Å². The molecule has 2 aliphatic rings. The van der Waals surface area contributed by atoms with E-state index in [4.69, 9.17) is 23.2 Å². The lowest BCUT2D eigenvalue weighted by Gasteiger charge is -2.16. The number of benzene rings is 2. The van der Waals surface area contributed by atoms with Crippen LogP contribution in [0, 0.1) is 11.6 Å². The summed E-state index contributed by atoms with van der Waals surface area (Å²) in [7, 11) is 0. The molecule has 2 aromatic carbocycles. The summed E-state index contributed by atoms with van der Waals surface area (Å²) in [5.74, 6) is -0.665. The van der Waals surface area contributed by atoms with Crippen LogP contribution in [0.5, 0.6) is 0 Å². The van der Waals surface area contributed by atoms with E-state index in [2.05, 4.69) is 29.9 Å². The van der Waals surface area contributed by atoms with Gasteiger partial charge in [-0.15, -0.1) is 0 Å². The van der Waals surface area contributed by atoms with Crippen molar-refractivity contribution in [1.82, 2.24) is 38.7 Å². The quantitative estimate of drug-likeness (QED) is 0.127. The van der Waals surface area contributed by atoms with Crippen LogP contribution in [0.4, 0.5) is 8.78 Å². The third-order valence-electron chi connectivity index (χ3n) is 11.3. The number of imidazole rings is 2. The number of fused-ring (bicyclic) bond motifs is 6. The van der Waals surface area contributed by atoms with Crippen LogP contribution >= 0.6 is 23.2 Å². The van der Waals surface area contributed by atoms with Gasteiger partial charge in [-0.2, -0.15) is 0 Å². The van der Waals surface area contributed by atoms with Gasteiger partial charge in [0.2, 0.25) is 0 Å². The molecular formula is C46H40Cl2F2N8O4. The first kappa shape index (κ1) is 41.6. The molecule has 2 aliphatic carbocycles.